The van der Waals surface area contributed by atoms with E-state index >= 15 is 0 Å². The first-order valence-corrected chi connectivity index (χ1v) is 7.11. The van der Waals surface area contributed by atoms with Crippen LogP contribution in [0.25, 0.3) is 0 Å². The highest BCUT2D eigenvalue weighted by atomic mass is 16.5. The highest BCUT2D eigenvalue weighted by Gasteiger charge is 1.98. The molecule has 2 rings (SSSR count). The number of hydrogen-bond acceptors (Lipinski definition) is 4. The Kier molecular flexibility index (Phi) is 5.99. The predicted octanol–water partition coefficient (Wildman–Crippen LogP) is 2.67. The van der Waals surface area contributed by atoms with Crippen molar-refractivity contribution in [2.45, 2.75) is 6.92 Å². The summed E-state index contributed by atoms with van der Waals surface area (Å²) in [7, 11) is 0. The predicted molar refractivity (Wildman–Crippen MR) is 87.9 cm³/mol. The van der Waals surface area contributed by atoms with Crippen molar-refractivity contribution in [1.82, 2.24) is 0 Å². The minimum atomic E-state index is -0.110. The fourth-order valence-corrected chi connectivity index (χ4v) is 1.87. The van der Waals surface area contributed by atoms with Gasteiger partial charge in [-0.05, 0) is 48.5 Å². The Morgan fingerprint density at radius 2 is 1.39 bits per heavy atom. The molecule has 0 atom stereocenters. The summed E-state index contributed by atoms with van der Waals surface area (Å²) in [5.41, 5.74) is 1.44. The zero-order valence-corrected chi connectivity index (χ0v) is 12.7. The minimum Gasteiger partial charge on any atom is -0.490 e. The van der Waals surface area contributed by atoms with Crippen LogP contribution in [0.15, 0.2) is 48.5 Å². The van der Waals surface area contributed by atoms with Crippen molar-refractivity contribution in [1.29, 1.82) is 0 Å². The van der Waals surface area contributed by atoms with Gasteiger partial charge in [-0.2, -0.15) is 0 Å². The summed E-state index contributed by atoms with van der Waals surface area (Å²) in [5, 5.41) is 5.24. The summed E-state index contributed by atoms with van der Waals surface area (Å²) >= 11 is 0. The fraction of sp³-hybridized carbons (Fsp3) is 0.176. The van der Waals surface area contributed by atoms with Gasteiger partial charge in [0.1, 0.15) is 24.7 Å². The highest BCUT2D eigenvalue weighted by molar-refractivity contribution is 5.88. The maximum atomic E-state index is 10.9. The number of benzene rings is 2. The maximum absolute atomic E-state index is 10.9. The Morgan fingerprint density at radius 3 is 1.83 bits per heavy atom. The average Bonchev–Trinajstić information content (AvgIpc) is 2.54. The summed E-state index contributed by atoms with van der Waals surface area (Å²) in [6, 6.07) is 14.2. The molecule has 0 fully saturated rings. The summed E-state index contributed by atoms with van der Waals surface area (Å²) in [4.78, 5) is 21.2. The molecule has 0 saturated carbocycles. The Morgan fingerprint density at radius 1 is 0.913 bits per heavy atom. The zero-order valence-electron chi connectivity index (χ0n) is 12.7. The van der Waals surface area contributed by atoms with Gasteiger partial charge in [0.2, 0.25) is 12.3 Å². The van der Waals surface area contributed by atoms with Crippen LogP contribution in [-0.4, -0.2) is 25.5 Å². The first-order chi connectivity index (χ1) is 11.2. The maximum Gasteiger partial charge on any atom is 0.221 e. The molecule has 0 heterocycles. The van der Waals surface area contributed by atoms with E-state index in [1.165, 1.54) is 6.92 Å². The molecule has 2 amide bonds. The SMILES string of the molecule is CC(=O)Nc1ccc(OCCOc2ccc(NC=O)cc2)cc1. The summed E-state index contributed by atoms with van der Waals surface area (Å²) in [5.74, 6) is 1.29. The largest absolute Gasteiger partial charge is 0.490 e. The van der Waals surface area contributed by atoms with Gasteiger partial charge in [0.25, 0.3) is 0 Å². The number of ether oxygens (including phenoxy) is 2. The Balaban J connectivity index is 1.72. The summed E-state index contributed by atoms with van der Waals surface area (Å²) in [6.07, 6.45) is 0.626. The van der Waals surface area contributed by atoms with Gasteiger partial charge in [0, 0.05) is 18.3 Å². The van der Waals surface area contributed by atoms with Crippen molar-refractivity contribution in [2.24, 2.45) is 0 Å². The Hall–Kier alpha value is -3.02. The Labute approximate surface area is 134 Å². The molecular formula is C17H18N2O4. The molecule has 0 radical (unpaired) electrons. The molecule has 0 aromatic heterocycles. The average molecular weight is 314 g/mol. The van der Waals surface area contributed by atoms with Crippen LogP contribution in [0.3, 0.4) is 0 Å². The molecule has 0 aliphatic rings. The lowest BCUT2D eigenvalue weighted by atomic mass is 10.3. The van der Waals surface area contributed by atoms with Crippen LogP contribution in [0.1, 0.15) is 6.92 Å². The summed E-state index contributed by atoms with van der Waals surface area (Å²) < 4.78 is 11.1. The van der Waals surface area contributed by atoms with Gasteiger partial charge in [0.05, 0.1) is 0 Å². The normalized spacial score (nSPS) is 9.78. The van der Waals surface area contributed by atoms with Gasteiger partial charge in [0.15, 0.2) is 0 Å². The van der Waals surface area contributed by atoms with E-state index in [-0.39, 0.29) is 5.91 Å². The summed E-state index contributed by atoms with van der Waals surface area (Å²) in [6.45, 7) is 2.25. The van der Waals surface area contributed by atoms with Gasteiger partial charge in [-0.3, -0.25) is 9.59 Å². The van der Waals surface area contributed by atoms with Crippen LogP contribution in [-0.2, 0) is 9.59 Å². The number of hydrogen-bond donors (Lipinski definition) is 2. The minimum absolute atomic E-state index is 0.110. The van der Waals surface area contributed by atoms with Crippen LogP contribution in [0.5, 0.6) is 11.5 Å². The molecule has 2 aromatic carbocycles. The van der Waals surface area contributed by atoms with E-state index in [1.54, 1.807) is 48.5 Å². The molecule has 23 heavy (non-hydrogen) atoms. The van der Waals surface area contributed by atoms with E-state index in [9.17, 15) is 9.59 Å². The van der Waals surface area contributed by atoms with E-state index in [0.29, 0.717) is 36.8 Å². The zero-order chi connectivity index (χ0) is 16.5. The van der Waals surface area contributed by atoms with Crippen molar-refractivity contribution in [3.05, 3.63) is 48.5 Å². The van der Waals surface area contributed by atoms with Crippen molar-refractivity contribution in [3.8, 4) is 11.5 Å². The highest BCUT2D eigenvalue weighted by Crippen LogP contribution is 2.17. The lowest BCUT2D eigenvalue weighted by Crippen LogP contribution is -2.09. The standard InChI is InChI=1S/C17H18N2O4/c1-13(21)19-15-4-8-17(9-5-15)23-11-10-22-16-6-2-14(3-7-16)18-12-20/h2-9,12H,10-11H2,1H3,(H,18,20)(H,19,21). The van der Waals surface area contributed by atoms with E-state index in [4.69, 9.17) is 9.47 Å². The van der Waals surface area contributed by atoms with E-state index in [2.05, 4.69) is 10.6 Å². The second-order valence-electron chi connectivity index (χ2n) is 4.69. The fourth-order valence-electron chi connectivity index (χ4n) is 1.87. The van der Waals surface area contributed by atoms with Crippen LogP contribution in [0.2, 0.25) is 0 Å². The number of carbonyl (C=O) groups is 2. The molecule has 0 aliphatic carbocycles. The van der Waals surface area contributed by atoms with Crippen LogP contribution >= 0.6 is 0 Å². The molecule has 6 nitrogen and oxygen atoms in total. The number of carbonyl (C=O) groups excluding carboxylic acids is 2. The molecule has 0 unspecified atom stereocenters. The van der Waals surface area contributed by atoms with Gasteiger partial charge in [-0.15, -0.1) is 0 Å². The van der Waals surface area contributed by atoms with Gasteiger partial charge >= 0.3 is 0 Å². The first kappa shape index (κ1) is 16.4. The number of amides is 2. The molecule has 0 spiro atoms. The molecule has 2 aromatic rings. The monoisotopic (exact) mass is 314 g/mol. The molecule has 2 N–H and O–H groups in total. The van der Waals surface area contributed by atoms with Gasteiger partial charge < -0.3 is 20.1 Å². The molecule has 0 bridgehead atoms. The van der Waals surface area contributed by atoms with Crippen molar-refractivity contribution < 1.29 is 19.1 Å². The lowest BCUT2D eigenvalue weighted by molar-refractivity contribution is -0.114. The third kappa shape index (κ3) is 5.70. The van der Waals surface area contributed by atoms with Crippen molar-refractivity contribution in [3.63, 3.8) is 0 Å². The molecular weight excluding hydrogens is 296 g/mol. The van der Waals surface area contributed by atoms with Crippen LogP contribution in [0, 0.1) is 0 Å². The van der Waals surface area contributed by atoms with E-state index in [1.807, 2.05) is 0 Å². The number of rotatable bonds is 8. The molecule has 0 aliphatic heterocycles. The quantitative estimate of drug-likeness (QED) is 0.580. The third-order valence-corrected chi connectivity index (χ3v) is 2.88. The van der Waals surface area contributed by atoms with E-state index in [0.717, 1.165) is 5.69 Å². The van der Waals surface area contributed by atoms with Crippen molar-refractivity contribution >= 4 is 23.7 Å². The van der Waals surface area contributed by atoms with Gasteiger partial charge in [-0.25, -0.2) is 0 Å². The Bertz CT molecular complexity index is 639. The van der Waals surface area contributed by atoms with Gasteiger partial charge in [-0.1, -0.05) is 0 Å². The van der Waals surface area contributed by atoms with Crippen LogP contribution in [0.4, 0.5) is 11.4 Å². The number of anilines is 2. The molecule has 0 saturated heterocycles. The molecule has 120 valence electrons. The topological polar surface area (TPSA) is 76.7 Å². The second-order valence-corrected chi connectivity index (χ2v) is 4.69. The smallest absolute Gasteiger partial charge is 0.221 e. The van der Waals surface area contributed by atoms with Crippen molar-refractivity contribution in [2.75, 3.05) is 23.8 Å². The first-order valence-electron chi connectivity index (χ1n) is 7.11. The second kappa shape index (κ2) is 8.43. The lowest BCUT2D eigenvalue weighted by Gasteiger charge is -2.09. The third-order valence-electron chi connectivity index (χ3n) is 2.88. The van der Waals surface area contributed by atoms with E-state index < -0.39 is 0 Å². The molecule has 6 heteroatoms. The number of nitrogens with one attached hydrogen (secondary N) is 2. The van der Waals surface area contributed by atoms with Crippen LogP contribution < -0.4 is 20.1 Å².